The number of nitrogens with one attached hydrogen (secondary N) is 1. The first kappa shape index (κ1) is 24.4. The number of aromatic nitrogens is 1. The van der Waals surface area contributed by atoms with E-state index in [9.17, 15) is 13.2 Å². The van der Waals surface area contributed by atoms with E-state index in [0.29, 0.717) is 25.1 Å². The molecule has 184 valence electrons. The molecule has 2 saturated heterocycles. The Morgan fingerprint density at radius 3 is 2.59 bits per heavy atom. The van der Waals surface area contributed by atoms with Crippen LogP contribution in [0.2, 0.25) is 0 Å². The first-order valence-corrected chi connectivity index (χ1v) is 13.0. The molecule has 2 aromatic rings. The third kappa shape index (κ3) is 5.51. The minimum absolute atomic E-state index is 0.0307. The van der Waals surface area contributed by atoms with Crippen LogP contribution in [0.4, 0.5) is 0 Å². The van der Waals surface area contributed by atoms with Gasteiger partial charge in [-0.1, -0.05) is 23.4 Å². The van der Waals surface area contributed by atoms with Crippen molar-refractivity contribution >= 4 is 28.1 Å². The molecule has 1 atom stereocenters. The van der Waals surface area contributed by atoms with Crippen molar-refractivity contribution in [2.45, 2.75) is 43.6 Å². The Bertz CT molecular complexity index is 1110. The normalized spacial score (nSPS) is 20.1. The molecule has 0 saturated carbocycles. The summed E-state index contributed by atoms with van der Waals surface area (Å²) in [5, 5.41) is 6.85. The van der Waals surface area contributed by atoms with Crippen molar-refractivity contribution in [2.24, 2.45) is 5.92 Å². The van der Waals surface area contributed by atoms with Gasteiger partial charge in [0, 0.05) is 32.2 Å². The van der Waals surface area contributed by atoms with E-state index < -0.39 is 10.0 Å². The van der Waals surface area contributed by atoms with Crippen molar-refractivity contribution in [2.75, 3.05) is 33.4 Å². The van der Waals surface area contributed by atoms with E-state index in [2.05, 4.69) is 10.5 Å². The molecular formula is C24H31N3O6S. The van der Waals surface area contributed by atoms with Gasteiger partial charge >= 0.3 is 0 Å². The van der Waals surface area contributed by atoms with E-state index in [1.165, 1.54) is 4.31 Å². The summed E-state index contributed by atoms with van der Waals surface area (Å²) in [6.45, 7) is 3.42. The number of aryl methyl sites for hydroxylation is 1. The fraction of sp³-hybridized carbons (Fsp3) is 0.500. The maximum absolute atomic E-state index is 13.4. The molecule has 0 spiro atoms. The van der Waals surface area contributed by atoms with Crippen LogP contribution in [0, 0.1) is 12.8 Å². The highest BCUT2D eigenvalue weighted by molar-refractivity contribution is 7.89. The fourth-order valence-electron chi connectivity index (χ4n) is 4.34. The lowest BCUT2D eigenvalue weighted by molar-refractivity contribution is -0.126. The van der Waals surface area contributed by atoms with Crippen molar-refractivity contribution in [3.63, 3.8) is 0 Å². The number of rotatable bonds is 8. The maximum atomic E-state index is 13.4. The highest BCUT2D eigenvalue weighted by atomic mass is 32.2. The Labute approximate surface area is 200 Å². The van der Waals surface area contributed by atoms with Crippen molar-refractivity contribution < 1.29 is 27.2 Å². The first-order valence-electron chi connectivity index (χ1n) is 11.6. The number of ether oxygens (including phenoxy) is 2. The van der Waals surface area contributed by atoms with Crippen LogP contribution in [-0.2, 0) is 19.6 Å². The van der Waals surface area contributed by atoms with Crippen molar-refractivity contribution in [3.8, 4) is 5.75 Å². The monoisotopic (exact) mass is 489 g/mol. The standard InChI is InChI=1S/C24H31N3O6S/c1-17-23(22(33-26-17)10-7-18-5-8-20(31-2)9-6-18)34(29,30)27-13-11-19(12-14-27)24(28)25-16-21-4-3-15-32-21/h5-10,19,21H,3-4,11-16H2,1-2H3,(H,25,28)/b10-7-/t21-/m1/s1. The Kier molecular flexibility index (Phi) is 7.70. The molecule has 3 heterocycles. The van der Waals surface area contributed by atoms with E-state index in [4.69, 9.17) is 14.0 Å². The number of carbonyl (C=O) groups excluding carboxylic acids is 1. The smallest absolute Gasteiger partial charge is 0.248 e. The van der Waals surface area contributed by atoms with Crippen molar-refractivity contribution in [1.29, 1.82) is 0 Å². The first-order chi connectivity index (χ1) is 16.4. The molecule has 2 aliphatic heterocycles. The van der Waals surface area contributed by atoms with E-state index in [1.807, 2.05) is 24.3 Å². The lowest BCUT2D eigenvalue weighted by Crippen LogP contribution is -2.44. The molecule has 1 amide bonds. The van der Waals surface area contributed by atoms with Crippen LogP contribution in [0.3, 0.4) is 0 Å². The minimum atomic E-state index is -3.82. The Balaban J connectivity index is 1.40. The zero-order valence-electron chi connectivity index (χ0n) is 19.5. The summed E-state index contributed by atoms with van der Waals surface area (Å²) in [5.41, 5.74) is 1.18. The van der Waals surface area contributed by atoms with Crippen LogP contribution in [-0.4, -0.2) is 63.2 Å². The number of hydrogen-bond donors (Lipinski definition) is 1. The van der Waals surface area contributed by atoms with E-state index >= 15 is 0 Å². The summed E-state index contributed by atoms with van der Waals surface area (Å²) in [7, 11) is -2.22. The number of amides is 1. The second kappa shape index (κ2) is 10.7. The molecule has 1 aromatic carbocycles. The molecule has 0 aliphatic carbocycles. The predicted molar refractivity (Wildman–Crippen MR) is 127 cm³/mol. The molecule has 34 heavy (non-hydrogen) atoms. The van der Waals surface area contributed by atoms with Gasteiger partial charge in [0.25, 0.3) is 0 Å². The third-order valence-corrected chi connectivity index (χ3v) is 8.38. The minimum Gasteiger partial charge on any atom is -0.497 e. The van der Waals surface area contributed by atoms with Gasteiger partial charge in [0.1, 0.15) is 11.4 Å². The highest BCUT2D eigenvalue weighted by Gasteiger charge is 2.36. The molecule has 2 fully saturated rings. The van der Waals surface area contributed by atoms with Gasteiger partial charge in [-0.15, -0.1) is 0 Å². The Morgan fingerprint density at radius 2 is 1.94 bits per heavy atom. The second-order valence-electron chi connectivity index (χ2n) is 8.63. The molecular weight excluding hydrogens is 458 g/mol. The van der Waals surface area contributed by atoms with Crippen LogP contribution in [0.15, 0.2) is 33.7 Å². The van der Waals surface area contributed by atoms with E-state index in [0.717, 1.165) is 30.8 Å². The van der Waals surface area contributed by atoms with Crippen molar-refractivity contribution in [1.82, 2.24) is 14.8 Å². The van der Waals surface area contributed by atoms with E-state index in [-0.39, 0.29) is 41.7 Å². The van der Waals surface area contributed by atoms with Crippen LogP contribution in [0.25, 0.3) is 12.2 Å². The van der Waals surface area contributed by atoms with E-state index in [1.54, 1.807) is 26.2 Å². The number of methoxy groups -OCH3 is 1. The quantitative estimate of drug-likeness (QED) is 0.607. The topological polar surface area (TPSA) is 111 Å². The summed E-state index contributed by atoms with van der Waals surface area (Å²) in [4.78, 5) is 12.6. The highest BCUT2D eigenvalue weighted by Crippen LogP contribution is 2.29. The summed E-state index contributed by atoms with van der Waals surface area (Å²) in [6.07, 6.45) is 6.39. The number of sulfonamides is 1. The third-order valence-electron chi connectivity index (χ3n) is 6.33. The Hall–Kier alpha value is -2.69. The summed E-state index contributed by atoms with van der Waals surface area (Å²) in [5.74, 6) is 0.687. The van der Waals surface area contributed by atoms with Crippen LogP contribution in [0.5, 0.6) is 5.75 Å². The molecule has 0 radical (unpaired) electrons. The number of hydrogen-bond acceptors (Lipinski definition) is 7. The van der Waals surface area contributed by atoms with Gasteiger partial charge in [-0.3, -0.25) is 4.79 Å². The molecule has 2 aliphatic rings. The number of piperidine rings is 1. The summed E-state index contributed by atoms with van der Waals surface area (Å²) in [6, 6.07) is 7.37. The molecule has 1 aromatic heterocycles. The van der Waals surface area contributed by atoms with Gasteiger partial charge in [0.05, 0.1) is 13.2 Å². The molecule has 4 rings (SSSR count). The van der Waals surface area contributed by atoms with Gasteiger partial charge in [0.15, 0.2) is 10.7 Å². The SMILES string of the molecule is COc1ccc(/C=C\c2onc(C)c2S(=O)(=O)N2CCC(C(=O)NC[C@H]3CCCO3)CC2)cc1. The molecule has 1 N–H and O–H groups in total. The van der Waals surface area contributed by atoms with Gasteiger partial charge in [-0.25, -0.2) is 8.42 Å². The lowest BCUT2D eigenvalue weighted by Gasteiger charge is -2.30. The molecule has 0 bridgehead atoms. The summed E-state index contributed by atoms with van der Waals surface area (Å²) >= 11 is 0. The largest absolute Gasteiger partial charge is 0.497 e. The predicted octanol–water partition coefficient (Wildman–Crippen LogP) is 2.86. The molecule has 10 heteroatoms. The Morgan fingerprint density at radius 1 is 1.21 bits per heavy atom. The zero-order chi connectivity index (χ0) is 24.1. The maximum Gasteiger partial charge on any atom is 0.248 e. The van der Waals surface area contributed by atoms with Gasteiger partial charge in [0.2, 0.25) is 15.9 Å². The molecule has 0 unspecified atom stereocenters. The number of benzene rings is 1. The van der Waals surface area contributed by atoms with Gasteiger partial charge in [-0.2, -0.15) is 4.31 Å². The fourth-order valence-corrected chi connectivity index (χ4v) is 6.06. The average Bonchev–Trinajstić information content (AvgIpc) is 3.51. The van der Waals surface area contributed by atoms with Crippen LogP contribution < -0.4 is 10.1 Å². The lowest BCUT2D eigenvalue weighted by atomic mass is 9.97. The van der Waals surface area contributed by atoms with Gasteiger partial charge in [-0.05, 0) is 56.4 Å². The average molecular weight is 490 g/mol. The number of nitrogens with zero attached hydrogens (tertiary/aromatic N) is 2. The second-order valence-corrected chi connectivity index (χ2v) is 10.5. The van der Waals surface area contributed by atoms with Crippen molar-refractivity contribution in [3.05, 3.63) is 41.3 Å². The molecule has 9 nitrogen and oxygen atoms in total. The van der Waals surface area contributed by atoms with Crippen LogP contribution >= 0.6 is 0 Å². The summed E-state index contributed by atoms with van der Waals surface area (Å²) < 4.78 is 44.3. The van der Waals surface area contributed by atoms with Crippen LogP contribution in [0.1, 0.15) is 42.7 Å². The van der Waals surface area contributed by atoms with Gasteiger partial charge < -0.3 is 19.3 Å². The zero-order valence-corrected chi connectivity index (χ0v) is 20.3. The number of carbonyl (C=O) groups is 1.